The second kappa shape index (κ2) is 6.58. The smallest absolute Gasteiger partial charge is 0.256 e. The molecule has 5 heteroatoms. The quantitative estimate of drug-likeness (QED) is 0.940. The van der Waals surface area contributed by atoms with Crippen LogP contribution < -0.4 is 10.1 Å². The highest BCUT2D eigenvalue weighted by molar-refractivity contribution is 5.94. The van der Waals surface area contributed by atoms with Gasteiger partial charge in [0.05, 0.1) is 18.7 Å². The molecule has 1 aliphatic rings. The number of rotatable bonds is 3. The zero-order valence-electron chi connectivity index (χ0n) is 12.5. The summed E-state index contributed by atoms with van der Waals surface area (Å²) in [6.07, 6.45) is 3.30. The van der Waals surface area contributed by atoms with E-state index in [9.17, 15) is 4.79 Å². The third-order valence-corrected chi connectivity index (χ3v) is 3.91. The van der Waals surface area contributed by atoms with E-state index in [-0.39, 0.29) is 11.9 Å². The molecule has 0 aliphatic carbocycles. The number of benzene rings is 1. The molecular formula is C17H19N3O2. The highest BCUT2D eigenvalue weighted by Gasteiger charge is 2.28. The van der Waals surface area contributed by atoms with Crippen molar-refractivity contribution in [2.75, 3.05) is 26.7 Å². The molecule has 2 heterocycles. The van der Waals surface area contributed by atoms with Gasteiger partial charge in [-0.2, -0.15) is 0 Å². The van der Waals surface area contributed by atoms with Crippen molar-refractivity contribution in [2.45, 2.75) is 6.04 Å². The van der Waals surface area contributed by atoms with E-state index < -0.39 is 0 Å². The summed E-state index contributed by atoms with van der Waals surface area (Å²) < 4.78 is 5.20. The van der Waals surface area contributed by atoms with Gasteiger partial charge in [0, 0.05) is 32.0 Å². The average Bonchev–Trinajstić information content (AvgIpc) is 2.62. The number of nitrogens with one attached hydrogen (secondary N) is 1. The van der Waals surface area contributed by atoms with Gasteiger partial charge in [-0.1, -0.05) is 12.1 Å². The van der Waals surface area contributed by atoms with Gasteiger partial charge >= 0.3 is 0 Å². The Morgan fingerprint density at radius 1 is 1.32 bits per heavy atom. The third kappa shape index (κ3) is 2.94. The highest BCUT2D eigenvalue weighted by Crippen LogP contribution is 2.25. The van der Waals surface area contributed by atoms with Gasteiger partial charge in [-0.05, 0) is 29.8 Å². The van der Waals surface area contributed by atoms with Gasteiger partial charge in [0.2, 0.25) is 0 Å². The number of hydrogen-bond donors (Lipinski definition) is 1. The van der Waals surface area contributed by atoms with Gasteiger partial charge < -0.3 is 15.0 Å². The van der Waals surface area contributed by atoms with Gasteiger partial charge in [-0.15, -0.1) is 0 Å². The molecule has 1 N–H and O–H groups in total. The number of methoxy groups -OCH3 is 1. The van der Waals surface area contributed by atoms with E-state index in [0.29, 0.717) is 12.1 Å². The van der Waals surface area contributed by atoms with E-state index >= 15 is 0 Å². The van der Waals surface area contributed by atoms with Crippen LogP contribution in [-0.4, -0.2) is 42.5 Å². The second-order valence-electron chi connectivity index (χ2n) is 5.23. The zero-order chi connectivity index (χ0) is 15.4. The fraction of sp³-hybridized carbons (Fsp3) is 0.294. The number of amides is 1. The molecular weight excluding hydrogens is 278 g/mol. The van der Waals surface area contributed by atoms with Crippen LogP contribution in [0.1, 0.15) is 22.0 Å². The predicted octanol–water partition coefficient (Wildman–Crippen LogP) is 1.88. The van der Waals surface area contributed by atoms with Crippen LogP contribution in [0.15, 0.2) is 48.8 Å². The lowest BCUT2D eigenvalue weighted by Crippen LogP contribution is -2.48. The molecule has 1 aliphatic heterocycles. The maximum atomic E-state index is 12.7. The number of carbonyl (C=O) groups excluding carboxylic acids is 1. The van der Waals surface area contributed by atoms with E-state index in [0.717, 1.165) is 24.4 Å². The molecule has 114 valence electrons. The normalized spacial score (nSPS) is 18.0. The number of hydrogen-bond acceptors (Lipinski definition) is 4. The Balaban J connectivity index is 1.86. The molecule has 2 aromatic rings. The van der Waals surface area contributed by atoms with Crippen molar-refractivity contribution in [2.24, 2.45) is 0 Å². The molecule has 0 unspecified atom stereocenters. The number of piperazine rings is 1. The summed E-state index contributed by atoms with van der Waals surface area (Å²) in [5.41, 5.74) is 1.73. The largest absolute Gasteiger partial charge is 0.497 e. The summed E-state index contributed by atoms with van der Waals surface area (Å²) >= 11 is 0. The van der Waals surface area contributed by atoms with E-state index in [1.807, 2.05) is 35.2 Å². The molecule has 1 saturated heterocycles. The number of pyridine rings is 1. The minimum absolute atomic E-state index is 0.0207. The molecule has 1 atom stereocenters. The predicted molar refractivity (Wildman–Crippen MR) is 83.9 cm³/mol. The zero-order valence-corrected chi connectivity index (χ0v) is 12.5. The fourth-order valence-electron chi connectivity index (χ4n) is 2.73. The van der Waals surface area contributed by atoms with Gasteiger partial charge in [0.15, 0.2) is 0 Å². The van der Waals surface area contributed by atoms with Crippen LogP contribution in [0.2, 0.25) is 0 Å². The summed E-state index contributed by atoms with van der Waals surface area (Å²) in [7, 11) is 1.65. The van der Waals surface area contributed by atoms with Crippen LogP contribution in [0.3, 0.4) is 0 Å². The Hall–Kier alpha value is -2.40. The lowest BCUT2D eigenvalue weighted by Gasteiger charge is -2.36. The minimum atomic E-state index is 0.0207. The lowest BCUT2D eigenvalue weighted by molar-refractivity contribution is 0.0634. The van der Waals surface area contributed by atoms with Gasteiger partial charge in [-0.3, -0.25) is 9.78 Å². The number of ether oxygens (including phenoxy) is 1. The molecule has 1 amide bonds. The molecule has 0 saturated carbocycles. The van der Waals surface area contributed by atoms with Gasteiger partial charge in [0.25, 0.3) is 5.91 Å². The molecule has 22 heavy (non-hydrogen) atoms. The molecule has 0 spiro atoms. The first kappa shape index (κ1) is 14.5. The summed E-state index contributed by atoms with van der Waals surface area (Å²) in [5.74, 6) is 0.841. The van der Waals surface area contributed by atoms with Crippen LogP contribution in [0.5, 0.6) is 5.75 Å². The first-order chi connectivity index (χ1) is 10.8. The molecule has 5 nitrogen and oxygen atoms in total. The number of carbonyl (C=O) groups is 1. The van der Waals surface area contributed by atoms with Crippen molar-refractivity contribution in [1.82, 2.24) is 15.2 Å². The van der Waals surface area contributed by atoms with E-state index in [2.05, 4.69) is 10.3 Å². The van der Waals surface area contributed by atoms with Crippen molar-refractivity contribution in [3.63, 3.8) is 0 Å². The van der Waals surface area contributed by atoms with Crippen LogP contribution in [0, 0.1) is 0 Å². The van der Waals surface area contributed by atoms with E-state index in [1.54, 1.807) is 25.6 Å². The Kier molecular flexibility index (Phi) is 4.34. The molecule has 1 fully saturated rings. The summed E-state index contributed by atoms with van der Waals surface area (Å²) in [4.78, 5) is 18.7. The Morgan fingerprint density at radius 2 is 2.14 bits per heavy atom. The second-order valence-corrected chi connectivity index (χ2v) is 5.23. The van der Waals surface area contributed by atoms with E-state index in [1.165, 1.54) is 0 Å². The van der Waals surface area contributed by atoms with Crippen LogP contribution >= 0.6 is 0 Å². The van der Waals surface area contributed by atoms with Gasteiger partial charge in [-0.25, -0.2) is 0 Å². The van der Waals surface area contributed by atoms with Crippen LogP contribution in [0.4, 0.5) is 0 Å². The van der Waals surface area contributed by atoms with Crippen LogP contribution in [-0.2, 0) is 0 Å². The van der Waals surface area contributed by atoms with Crippen molar-refractivity contribution in [1.29, 1.82) is 0 Å². The van der Waals surface area contributed by atoms with E-state index in [4.69, 9.17) is 4.74 Å². The van der Waals surface area contributed by atoms with Crippen molar-refractivity contribution in [3.05, 3.63) is 59.9 Å². The van der Waals surface area contributed by atoms with Crippen LogP contribution in [0.25, 0.3) is 0 Å². The Morgan fingerprint density at radius 3 is 2.82 bits per heavy atom. The average molecular weight is 297 g/mol. The third-order valence-electron chi connectivity index (χ3n) is 3.91. The Labute approximate surface area is 129 Å². The maximum absolute atomic E-state index is 12.7. The maximum Gasteiger partial charge on any atom is 0.256 e. The fourth-order valence-corrected chi connectivity index (χ4v) is 2.73. The Bertz CT molecular complexity index is 628. The SMILES string of the molecule is COc1ccc([C@@H]2CNCCN2C(=O)c2cccnc2)cc1. The summed E-state index contributed by atoms with van der Waals surface area (Å²) in [6, 6.07) is 11.5. The number of aromatic nitrogens is 1. The topological polar surface area (TPSA) is 54.5 Å². The molecule has 0 radical (unpaired) electrons. The molecule has 1 aromatic heterocycles. The summed E-state index contributed by atoms with van der Waals surface area (Å²) in [6.45, 7) is 2.24. The monoisotopic (exact) mass is 297 g/mol. The molecule has 3 rings (SSSR count). The van der Waals surface area contributed by atoms with Crippen molar-refractivity contribution in [3.8, 4) is 5.75 Å². The standard InChI is InChI=1S/C17H19N3O2/c1-22-15-6-4-13(5-7-15)16-12-19-9-10-20(16)17(21)14-3-2-8-18-11-14/h2-8,11,16,19H,9-10,12H2,1H3/t16-/m0/s1. The minimum Gasteiger partial charge on any atom is -0.497 e. The molecule has 1 aromatic carbocycles. The van der Waals surface area contributed by atoms with Gasteiger partial charge in [0.1, 0.15) is 5.75 Å². The summed E-state index contributed by atoms with van der Waals surface area (Å²) in [5, 5.41) is 3.36. The first-order valence-electron chi connectivity index (χ1n) is 7.35. The number of nitrogens with zero attached hydrogens (tertiary/aromatic N) is 2. The van der Waals surface area contributed by atoms with Crippen molar-refractivity contribution >= 4 is 5.91 Å². The lowest BCUT2D eigenvalue weighted by atomic mass is 10.0. The molecule has 0 bridgehead atoms. The first-order valence-corrected chi connectivity index (χ1v) is 7.35. The highest BCUT2D eigenvalue weighted by atomic mass is 16.5. The van der Waals surface area contributed by atoms with Crippen molar-refractivity contribution < 1.29 is 9.53 Å².